The van der Waals surface area contributed by atoms with Gasteiger partial charge in [0, 0.05) is 17.9 Å². The number of sulfone groups is 1. The molecule has 0 spiro atoms. The molecule has 1 aromatic heterocycles. The third kappa shape index (κ3) is 3.79. The van der Waals surface area contributed by atoms with Gasteiger partial charge in [-0.25, -0.2) is 17.5 Å². The van der Waals surface area contributed by atoms with E-state index in [1.807, 2.05) is 0 Å². The third-order valence-electron chi connectivity index (χ3n) is 2.68. The molecule has 0 aliphatic rings. The van der Waals surface area contributed by atoms with Gasteiger partial charge in [-0.05, 0) is 6.07 Å². The Bertz CT molecular complexity index is 773. The van der Waals surface area contributed by atoms with Crippen molar-refractivity contribution >= 4 is 28.1 Å². The van der Waals surface area contributed by atoms with E-state index in [2.05, 4.69) is 5.10 Å². The Kier molecular flexibility index (Phi) is 5.08. The molecule has 0 fully saturated rings. The molecule has 0 saturated carbocycles. The molecule has 1 aromatic carbocycles. The number of benzene rings is 1. The number of nitrogen functional groups attached to an aromatic ring is 1. The molecule has 1 heterocycles. The number of nitrogens with one attached hydrogen (secondary N) is 1. The Morgan fingerprint density at radius 2 is 2.05 bits per heavy atom. The topological polar surface area (TPSA) is 102 Å². The molecule has 0 saturated heterocycles. The number of nitrogens with two attached hydrogens (primary N) is 1. The lowest BCUT2D eigenvalue weighted by Crippen LogP contribution is -2.14. The van der Waals surface area contributed by atoms with Crippen LogP contribution in [0.2, 0.25) is 0 Å². The highest BCUT2D eigenvalue weighted by Crippen LogP contribution is 2.15. The maximum atomic E-state index is 13.6. The van der Waals surface area contributed by atoms with Gasteiger partial charge in [0.1, 0.15) is 17.3 Å². The lowest BCUT2D eigenvalue weighted by Gasteiger charge is -2.06. The average Bonchev–Trinajstić information content (AvgIpc) is 2.76. The van der Waals surface area contributed by atoms with Crippen LogP contribution in [0.4, 0.5) is 4.39 Å². The van der Waals surface area contributed by atoms with Crippen LogP contribution >= 0.6 is 12.4 Å². The van der Waals surface area contributed by atoms with Gasteiger partial charge in [-0.15, -0.1) is 12.4 Å². The fourth-order valence-corrected chi connectivity index (χ4v) is 2.54. The summed E-state index contributed by atoms with van der Waals surface area (Å²) in [6.45, 7) is -0.0532. The molecule has 0 aliphatic heterocycles. The van der Waals surface area contributed by atoms with Crippen molar-refractivity contribution < 1.29 is 12.8 Å². The summed E-state index contributed by atoms with van der Waals surface area (Å²) in [6, 6.07) is 7.22. The number of hydrogen-bond acceptors (Lipinski definition) is 4. The summed E-state index contributed by atoms with van der Waals surface area (Å²) in [4.78, 5) is 0. The minimum Gasteiger partial charge on any atom is -0.382 e. The number of aromatic nitrogens is 2. The van der Waals surface area contributed by atoms with Crippen LogP contribution in [-0.2, 0) is 16.4 Å². The van der Waals surface area contributed by atoms with Crippen LogP contribution in [0.3, 0.4) is 0 Å². The molecule has 0 aliphatic carbocycles. The second-order valence-electron chi connectivity index (χ2n) is 4.30. The Hall–Kier alpha value is -1.93. The lowest BCUT2D eigenvalue weighted by atomic mass is 10.2. The second-order valence-corrected chi connectivity index (χ2v) is 6.27. The normalized spacial score (nSPS) is 11.0. The highest BCUT2D eigenvalue weighted by molar-refractivity contribution is 7.90. The fraction of sp³-hybridized carbons (Fsp3) is 0.167. The summed E-state index contributed by atoms with van der Waals surface area (Å²) in [6.07, 6.45) is 1.02. The molecule has 0 atom stereocenters. The number of hydrogen-bond donors (Lipinski definition) is 2. The first-order valence-corrected chi connectivity index (χ1v) is 7.54. The molecule has 2 rings (SSSR count). The van der Waals surface area contributed by atoms with Gasteiger partial charge in [-0.2, -0.15) is 5.10 Å². The van der Waals surface area contributed by atoms with Crippen molar-refractivity contribution in [2.45, 2.75) is 11.6 Å². The molecule has 0 bridgehead atoms. The van der Waals surface area contributed by atoms with Crippen molar-refractivity contribution in [1.82, 2.24) is 9.78 Å². The molecule has 9 heteroatoms. The van der Waals surface area contributed by atoms with E-state index < -0.39 is 15.7 Å². The van der Waals surface area contributed by atoms with E-state index in [-0.39, 0.29) is 35.5 Å². The Morgan fingerprint density at radius 1 is 1.43 bits per heavy atom. The first kappa shape index (κ1) is 17.1. The van der Waals surface area contributed by atoms with E-state index in [1.54, 1.807) is 12.1 Å². The van der Waals surface area contributed by atoms with Gasteiger partial charge >= 0.3 is 0 Å². The molecule has 2 aromatic rings. The van der Waals surface area contributed by atoms with E-state index in [0.717, 1.165) is 10.9 Å². The van der Waals surface area contributed by atoms with Gasteiger partial charge in [0.25, 0.3) is 0 Å². The summed E-state index contributed by atoms with van der Waals surface area (Å²) in [5.74, 6) is -0.797. The van der Waals surface area contributed by atoms with Gasteiger partial charge in [0.15, 0.2) is 14.9 Å². The first-order valence-electron chi connectivity index (χ1n) is 5.65. The lowest BCUT2D eigenvalue weighted by molar-refractivity contribution is 0.547. The average molecular weight is 333 g/mol. The summed E-state index contributed by atoms with van der Waals surface area (Å²) in [7, 11) is -3.55. The Labute approximate surface area is 127 Å². The van der Waals surface area contributed by atoms with Gasteiger partial charge in [0.2, 0.25) is 0 Å². The predicted molar refractivity (Wildman–Crippen MR) is 79.1 cm³/mol. The number of halogens is 2. The largest absolute Gasteiger partial charge is 0.382 e. The quantitative estimate of drug-likeness (QED) is 0.648. The maximum absolute atomic E-state index is 13.6. The third-order valence-corrected chi connectivity index (χ3v) is 3.77. The van der Waals surface area contributed by atoms with E-state index in [9.17, 15) is 12.8 Å². The molecule has 21 heavy (non-hydrogen) atoms. The molecule has 0 unspecified atom stereocenters. The number of amidine groups is 1. The molecular weight excluding hydrogens is 319 g/mol. The summed E-state index contributed by atoms with van der Waals surface area (Å²) in [5, 5.41) is 11.1. The highest BCUT2D eigenvalue weighted by Gasteiger charge is 2.19. The van der Waals surface area contributed by atoms with E-state index in [0.29, 0.717) is 5.56 Å². The summed E-state index contributed by atoms with van der Waals surface area (Å²) < 4.78 is 38.1. The van der Waals surface area contributed by atoms with Crippen LogP contribution in [0.15, 0.2) is 35.4 Å². The van der Waals surface area contributed by atoms with E-state index in [4.69, 9.17) is 11.1 Å². The smallest absolute Gasteiger partial charge is 0.192 e. The number of nitrogens with zero attached hydrogens (tertiary/aromatic N) is 2. The Morgan fingerprint density at radius 3 is 2.57 bits per heavy atom. The van der Waals surface area contributed by atoms with E-state index in [1.165, 1.54) is 18.2 Å². The monoisotopic (exact) mass is 332 g/mol. The standard InChI is InChI=1S/C12H13FN4O2S.ClH/c1-20(18,19)11-6-10(12(14)15)16-17(11)7-8-4-2-3-5-9(8)13;/h2-6H,7H2,1H3,(H3,14,15);1H. The Balaban J connectivity index is 0.00000220. The second kappa shape index (κ2) is 6.23. The summed E-state index contributed by atoms with van der Waals surface area (Å²) in [5.41, 5.74) is 5.65. The summed E-state index contributed by atoms with van der Waals surface area (Å²) >= 11 is 0. The van der Waals surface area contributed by atoms with Crippen molar-refractivity contribution in [3.05, 3.63) is 47.4 Å². The van der Waals surface area contributed by atoms with Crippen LogP contribution in [0, 0.1) is 11.2 Å². The molecule has 0 amide bonds. The maximum Gasteiger partial charge on any atom is 0.192 e. The van der Waals surface area contributed by atoms with Gasteiger partial charge in [-0.3, -0.25) is 5.41 Å². The van der Waals surface area contributed by atoms with E-state index >= 15 is 0 Å². The van der Waals surface area contributed by atoms with Crippen molar-refractivity contribution in [1.29, 1.82) is 5.41 Å². The molecule has 0 radical (unpaired) electrons. The van der Waals surface area contributed by atoms with Crippen LogP contribution in [0.5, 0.6) is 0 Å². The SMILES string of the molecule is CS(=O)(=O)c1cc(C(=N)N)nn1Cc1ccccc1F.Cl. The van der Waals surface area contributed by atoms with Crippen molar-refractivity contribution in [2.75, 3.05) is 6.26 Å². The molecule has 114 valence electrons. The zero-order valence-corrected chi connectivity index (χ0v) is 12.7. The molecule has 6 nitrogen and oxygen atoms in total. The minimum atomic E-state index is -3.55. The van der Waals surface area contributed by atoms with Crippen molar-refractivity contribution in [3.8, 4) is 0 Å². The van der Waals surface area contributed by atoms with Crippen LogP contribution in [-0.4, -0.2) is 30.3 Å². The van der Waals surface area contributed by atoms with Crippen LogP contribution < -0.4 is 5.73 Å². The number of rotatable bonds is 4. The van der Waals surface area contributed by atoms with Gasteiger partial charge in [0.05, 0.1) is 6.54 Å². The van der Waals surface area contributed by atoms with Crippen molar-refractivity contribution in [2.24, 2.45) is 5.73 Å². The van der Waals surface area contributed by atoms with Gasteiger partial charge in [-0.1, -0.05) is 18.2 Å². The zero-order valence-electron chi connectivity index (χ0n) is 11.1. The molecular formula is C12H14ClFN4O2S. The fourth-order valence-electron chi connectivity index (χ4n) is 1.73. The zero-order chi connectivity index (χ0) is 14.9. The molecule has 3 N–H and O–H groups in total. The highest BCUT2D eigenvalue weighted by atomic mass is 35.5. The minimum absolute atomic E-state index is 0. The van der Waals surface area contributed by atoms with Crippen molar-refractivity contribution in [3.63, 3.8) is 0 Å². The predicted octanol–water partition coefficient (Wildman–Crippen LogP) is 1.18. The first-order chi connectivity index (χ1) is 9.29. The van der Waals surface area contributed by atoms with Crippen LogP contribution in [0.25, 0.3) is 0 Å². The van der Waals surface area contributed by atoms with Gasteiger partial charge < -0.3 is 5.73 Å². The van der Waals surface area contributed by atoms with Crippen LogP contribution in [0.1, 0.15) is 11.3 Å².